The molecule has 0 fully saturated rings. The lowest BCUT2D eigenvalue weighted by Gasteiger charge is -2.26. The van der Waals surface area contributed by atoms with Crippen LogP contribution in [0.4, 0.5) is 5.69 Å². The minimum absolute atomic E-state index is 0.0635. The van der Waals surface area contributed by atoms with Crippen LogP contribution in [0.15, 0.2) is 54.7 Å². The van der Waals surface area contributed by atoms with Crippen LogP contribution in [0.2, 0.25) is 0 Å². The SMILES string of the molecule is CC(C)C[C@@H]1NC(=O)[C@@H]([NH+]([O-])O)Cc2cn(c3ccccc23)C(=O)c2ccccc2NC1=O. The van der Waals surface area contributed by atoms with Gasteiger partial charge in [0.2, 0.25) is 5.91 Å². The highest BCUT2D eigenvalue weighted by molar-refractivity contribution is 6.09. The molecule has 2 heterocycles. The van der Waals surface area contributed by atoms with Gasteiger partial charge in [-0.1, -0.05) is 44.2 Å². The van der Waals surface area contributed by atoms with Gasteiger partial charge in [0.1, 0.15) is 6.04 Å². The first-order chi connectivity index (χ1) is 15.8. The molecule has 9 heteroatoms. The number of para-hydroxylation sites is 2. The van der Waals surface area contributed by atoms with E-state index in [4.69, 9.17) is 0 Å². The Bertz CT molecular complexity index is 1220. The first-order valence-electron chi connectivity index (χ1n) is 10.8. The molecule has 2 bridgehead atoms. The second-order valence-corrected chi connectivity index (χ2v) is 8.67. The van der Waals surface area contributed by atoms with E-state index in [0.29, 0.717) is 34.1 Å². The number of anilines is 1. The summed E-state index contributed by atoms with van der Waals surface area (Å²) in [7, 11) is 0. The molecule has 0 aliphatic carbocycles. The quantitative estimate of drug-likeness (QED) is 0.450. The van der Waals surface area contributed by atoms with Crippen LogP contribution in [0.3, 0.4) is 0 Å². The van der Waals surface area contributed by atoms with Gasteiger partial charge in [0.15, 0.2) is 6.04 Å². The van der Waals surface area contributed by atoms with Crippen molar-refractivity contribution in [2.45, 2.75) is 38.8 Å². The van der Waals surface area contributed by atoms with Gasteiger partial charge in [0.05, 0.1) is 16.8 Å². The highest BCUT2D eigenvalue weighted by atomic mass is 16.8. The number of amides is 2. The number of nitrogens with one attached hydrogen (secondary N) is 3. The molecule has 0 saturated heterocycles. The van der Waals surface area contributed by atoms with Crippen LogP contribution >= 0.6 is 0 Å². The van der Waals surface area contributed by atoms with Crippen LogP contribution in [0.1, 0.15) is 36.2 Å². The third kappa shape index (κ3) is 4.51. The van der Waals surface area contributed by atoms with Crippen molar-refractivity contribution < 1.29 is 24.8 Å². The Balaban J connectivity index is 1.90. The van der Waals surface area contributed by atoms with E-state index < -0.39 is 29.1 Å². The average Bonchev–Trinajstić information content (AvgIpc) is 3.14. The van der Waals surface area contributed by atoms with E-state index in [2.05, 4.69) is 10.6 Å². The fourth-order valence-corrected chi connectivity index (χ4v) is 4.20. The number of fused-ring (bicyclic) bond motifs is 6. The van der Waals surface area contributed by atoms with Crippen molar-refractivity contribution in [2.75, 3.05) is 5.32 Å². The van der Waals surface area contributed by atoms with Gasteiger partial charge < -0.3 is 15.8 Å². The first kappa shape index (κ1) is 22.7. The molecule has 3 aromatic rings. The molecule has 1 aromatic heterocycles. The van der Waals surface area contributed by atoms with Gasteiger partial charge in [0.25, 0.3) is 11.8 Å². The largest absolute Gasteiger partial charge is 0.599 e. The summed E-state index contributed by atoms with van der Waals surface area (Å²) in [6.45, 7) is 3.81. The predicted molar refractivity (Wildman–Crippen MR) is 122 cm³/mol. The van der Waals surface area contributed by atoms with Crippen LogP contribution in [0, 0.1) is 11.1 Å². The van der Waals surface area contributed by atoms with Crippen molar-refractivity contribution in [3.8, 4) is 0 Å². The summed E-state index contributed by atoms with van der Waals surface area (Å²) in [5.74, 6) is -1.54. The van der Waals surface area contributed by atoms with Gasteiger partial charge >= 0.3 is 0 Å². The van der Waals surface area contributed by atoms with Gasteiger partial charge in [-0.2, -0.15) is 0 Å². The van der Waals surface area contributed by atoms with E-state index >= 15 is 0 Å². The van der Waals surface area contributed by atoms with E-state index in [9.17, 15) is 24.8 Å². The van der Waals surface area contributed by atoms with E-state index in [-0.39, 0.29) is 18.2 Å². The summed E-state index contributed by atoms with van der Waals surface area (Å²) in [6.07, 6.45) is 1.79. The smallest absolute Gasteiger partial charge is 0.282 e. The zero-order chi connectivity index (χ0) is 23.7. The Morgan fingerprint density at radius 2 is 1.79 bits per heavy atom. The molecule has 2 aromatic carbocycles. The summed E-state index contributed by atoms with van der Waals surface area (Å²) in [6, 6.07) is 11.5. The van der Waals surface area contributed by atoms with Crippen LogP contribution in [0.5, 0.6) is 0 Å². The third-order valence-electron chi connectivity index (χ3n) is 5.81. The Morgan fingerprint density at radius 1 is 1.09 bits per heavy atom. The maximum atomic E-state index is 13.5. The van der Waals surface area contributed by atoms with E-state index in [0.717, 1.165) is 0 Å². The van der Waals surface area contributed by atoms with Crippen LogP contribution < -0.4 is 15.9 Å². The molecular formula is C24H26N4O5. The molecule has 1 aliphatic heterocycles. The van der Waals surface area contributed by atoms with Gasteiger partial charge in [-0.25, -0.2) is 10.4 Å². The number of nitrogens with zero attached hydrogens (tertiary/aromatic N) is 1. The van der Waals surface area contributed by atoms with Gasteiger partial charge in [0, 0.05) is 18.0 Å². The maximum Gasteiger partial charge on any atom is 0.282 e. The lowest BCUT2D eigenvalue weighted by atomic mass is 10.0. The highest BCUT2D eigenvalue weighted by Gasteiger charge is 2.32. The Hall–Kier alpha value is -3.53. The summed E-state index contributed by atoms with van der Waals surface area (Å²) in [4.78, 5) is 39.6. The number of quaternary nitrogens is 1. The zero-order valence-corrected chi connectivity index (χ0v) is 18.4. The van der Waals surface area contributed by atoms with Crippen molar-refractivity contribution in [3.63, 3.8) is 0 Å². The Labute approximate surface area is 190 Å². The lowest BCUT2D eigenvalue weighted by Crippen LogP contribution is -3.11. The van der Waals surface area contributed by atoms with Crippen molar-refractivity contribution in [2.24, 2.45) is 5.92 Å². The fourth-order valence-electron chi connectivity index (χ4n) is 4.20. The van der Waals surface area contributed by atoms with Crippen molar-refractivity contribution in [3.05, 3.63) is 71.1 Å². The first-order valence-corrected chi connectivity index (χ1v) is 10.8. The number of benzene rings is 2. The second kappa shape index (κ2) is 9.14. The molecular weight excluding hydrogens is 424 g/mol. The normalized spacial score (nSPS) is 20.3. The topological polar surface area (TPSA) is 128 Å². The monoisotopic (exact) mass is 450 g/mol. The summed E-state index contributed by atoms with van der Waals surface area (Å²) >= 11 is 0. The number of hydroxylamine groups is 2. The van der Waals surface area contributed by atoms with Crippen LogP contribution in [0.25, 0.3) is 10.9 Å². The third-order valence-corrected chi connectivity index (χ3v) is 5.81. The predicted octanol–water partition coefficient (Wildman–Crippen LogP) is 1.50. The minimum atomic E-state index is -1.41. The van der Waals surface area contributed by atoms with Crippen molar-refractivity contribution in [1.82, 2.24) is 9.88 Å². The number of hydrogen-bond acceptors (Lipinski definition) is 5. The summed E-state index contributed by atoms with van der Waals surface area (Å²) < 4.78 is 1.44. The highest BCUT2D eigenvalue weighted by Crippen LogP contribution is 2.26. The lowest BCUT2D eigenvalue weighted by molar-refractivity contribution is -1.06. The van der Waals surface area contributed by atoms with Gasteiger partial charge in [-0.15, -0.1) is 0 Å². The Morgan fingerprint density at radius 3 is 2.52 bits per heavy atom. The molecule has 0 saturated carbocycles. The molecule has 9 nitrogen and oxygen atoms in total. The van der Waals surface area contributed by atoms with Gasteiger partial charge in [-0.05, 0) is 36.1 Å². The number of carbonyl (C=O) groups is 3. The number of carbonyl (C=O) groups excluding carboxylic acids is 3. The number of hydrogen-bond donors (Lipinski definition) is 4. The maximum absolute atomic E-state index is 13.5. The Kier molecular flexibility index (Phi) is 6.28. The standard InChI is InChI=1S/C24H26N4O5/c1-14(2)11-19-22(29)25-18-9-5-3-8-17(18)24(31)27-13-15(16-7-4-6-10-20(16)27)12-21(28(32)33)23(30)26-19/h3-10,13-14,19,21,28,32H,11-12H2,1-2H3,(H,25,29)(H,26,30)/t19-,21-/m0/s1. The molecule has 1 aliphatic rings. The average molecular weight is 450 g/mol. The molecule has 1 unspecified atom stereocenters. The molecule has 33 heavy (non-hydrogen) atoms. The fraction of sp³-hybridized carbons (Fsp3) is 0.292. The number of aromatic nitrogens is 1. The molecule has 4 N–H and O–H groups in total. The van der Waals surface area contributed by atoms with E-state index in [1.807, 2.05) is 13.8 Å². The van der Waals surface area contributed by atoms with Crippen LogP contribution in [-0.4, -0.2) is 39.6 Å². The van der Waals surface area contributed by atoms with Gasteiger partial charge in [-0.3, -0.25) is 19.0 Å². The van der Waals surface area contributed by atoms with E-state index in [1.54, 1.807) is 54.7 Å². The minimum Gasteiger partial charge on any atom is -0.599 e. The molecule has 0 radical (unpaired) electrons. The van der Waals surface area contributed by atoms with E-state index in [1.165, 1.54) is 4.57 Å². The zero-order valence-electron chi connectivity index (χ0n) is 18.4. The molecule has 172 valence electrons. The summed E-state index contributed by atoms with van der Waals surface area (Å²) in [5.41, 5.74) is 1.78. The van der Waals surface area contributed by atoms with Crippen molar-refractivity contribution >= 4 is 34.3 Å². The molecule has 3 atom stereocenters. The number of rotatable bonds is 3. The van der Waals surface area contributed by atoms with Crippen LogP contribution in [-0.2, 0) is 16.0 Å². The van der Waals surface area contributed by atoms with Crippen molar-refractivity contribution in [1.29, 1.82) is 0 Å². The molecule has 4 rings (SSSR count). The molecule has 2 amide bonds. The second-order valence-electron chi connectivity index (χ2n) is 8.67. The molecule has 0 spiro atoms. The summed E-state index contributed by atoms with van der Waals surface area (Å²) in [5, 5.41) is 26.6.